The van der Waals surface area contributed by atoms with Gasteiger partial charge in [0.1, 0.15) is 18.7 Å². The van der Waals surface area contributed by atoms with Gasteiger partial charge in [0, 0.05) is 5.92 Å². The molecule has 9 nitrogen and oxygen atoms in total. The number of amides is 2. The first-order valence-corrected chi connectivity index (χ1v) is 12.5. The van der Waals surface area contributed by atoms with Gasteiger partial charge in [-0.15, -0.1) is 0 Å². The molecular formula is C25H28N2O7S. The predicted octanol–water partition coefficient (Wildman–Crippen LogP) is 2.78. The van der Waals surface area contributed by atoms with Crippen molar-refractivity contribution in [3.05, 3.63) is 59.7 Å². The molecule has 0 radical (unpaired) electrons. The zero-order valence-electron chi connectivity index (χ0n) is 19.5. The average Bonchev–Trinajstić information content (AvgIpc) is 3.18. The molecule has 3 rings (SSSR count). The number of nitrogens with one attached hydrogen (secondary N) is 2. The number of aliphatic carboxylic acids is 1. The molecule has 0 spiro atoms. The van der Waals surface area contributed by atoms with E-state index in [1.807, 2.05) is 54.8 Å². The van der Waals surface area contributed by atoms with Gasteiger partial charge in [0.25, 0.3) is 0 Å². The Labute approximate surface area is 207 Å². The zero-order valence-corrected chi connectivity index (χ0v) is 20.3. The first-order valence-electron chi connectivity index (χ1n) is 11.1. The van der Waals surface area contributed by atoms with Crippen molar-refractivity contribution in [2.24, 2.45) is 0 Å². The molecule has 2 amide bonds. The van der Waals surface area contributed by atoms with Crippen LogP contribution in [0.15, 0.2) is 48.5 Å². The average molecular weight is 501 g/mol. The van der Waals surface area contributed by atoms with E-state index in [-0.39, 0.29) is 18.9 Å². The molecule has 0 bridgehead atoms. The number of alkyl carbamates (subject to hydrolysis) is 1. The van der Waals surface area contributed by atoms with Crippen molar-refractivity contribution >= 4 is 35.7 Å². The topological polar surface area (TPSA) is 131 Å². The molecule has 0 aromatic heterocycles. The smallest absolute Gasteiger partial charge is 0.407 e. The lowest BCUT2D eigenvalue weighted by Gasteiger charge is -2.21. The number of methoxy groups -OCH3 is 1. The van der Waals surface area contributed by atoms with Gasteiger partial charge < -0.3 is 25.2 Å². The van der Waals surface area contributed by atoms with Gasteiger partial charge >= 0.3 is 18.0 Å². The Morgan fingerprint density at radius 2 is 1.57 bits per heavy atom. The molecule has 10 heteroatoms. The number of carboxylic acids is 1. The molecule has 1 unspecified atom stereocenters. The van der Waals surface area contributed by atoms with E-state index in [4.69, 9.17) is 4.74 Å². The maximum absolute atomic E-state index is 12.8. The van der Waals surface area contributed by atoms with Crippen LogP contribution in [0.2, 0.25) is 0 Å². The third kappa shape index (κ3) is 6.54. The second-order valence-corrected chi connectivity index (χ2v) is 8.97. The molecule has 186 valence electrons. The summed E-state index contributed by atoms with van der Waals surface area (Å²) in [4.78, 5) is 48.3. The third-order valence-electron chi connectivity index (χ3n) is 5.78. The first kappa shape index (κ1) is 26.1. The van der Waals surface area contributed by atoms with Crippen molar-refractivity contribution < 1.29 is 33.8 Å². The highest BCUT2D eigenvalue weighted by Gasteiger charge is 2.31. The summed E-state index contributed by atoms with van der Waals surface area (Å²) < 4.78 is 9.99. The van der Waals surface area contributed by atoms with Crippen molar-refractivity contribution in [2.75, 3.05) is 25.7 Å². The van der Waals surface area contributed by atoms with E-state index >= 15 is 0 Å². The van der Waals surface area contributed by atoms with Crippen LogP contribution in [0.5, 0.6) is 0 Å². The van der Waals surface area contributed by atoms with Crippen LogP contribution in [0.4, 0.5) is 4.79 Å². The minimum atomic E-state index is -1.48. The lowest BCUT2D eigenvalue weighted by atomic mass is 9.98. The number of carbonyl (C=O) groups is 4. The van der Waals surface area contributed by atoms with Gasteiger partial charge in [-0.2, -0.15) is 11.8 Å². The van der Waals surface area contributed by atoms with Crippen LogP contribution in [-0.4, -0.2) is 66.9 Å². The lowest BCUT2D eigenvalue weighted by molar-refractivity contribution is -0.148. The van der Waals surface area contributed by atoms with Crippen LogP contribution >= 0.6 is 11.8 Å². The number of esters is 1. The number of hydrogen-bond donors (Lipinski definition) is 3. The normalized spacial score (nSPS) is 13.7. The Bertz CT molecular complexity index is 1050. The Morgan fingerprint density at radius 3 is 2.11 bits per heavy atom. The molecule has 0 saturated carbocycles. The van der Waals surface area contributed by atoms with Crippen molar-refractivity contribution in [2.45, 2.75) is 30.8 Å². The van der Waals surface area contributed by atoms with E-state index in [9.17, 15) is 24.3 Å². The number of carboxylic acid groups (broad SMARTS) is 1. The molecule has 35 heavy (non-hydrogen) atoms. The molecular weight excluding hydrogens is 472 g/mol. The molecule has 2 aromatic carbocycles. The number of rotatable bonds is 11. The fourth-order valence-corrected chi connectivity index (χ4v) is 4.48. The highest BCUT2D eigenvalue weighted by Crippen LogP contribution is 2.44. The second kappa shape index (κ2) is 12.3. The van der Waals surface area contributed by atoms with E-state index in [1.165, 1.54) is 11.8 Å². The minimum absolute atomic E-state index is 0.0802. The van der Waals surface area contributed by atoms with E-state index in [2.05, 4.69) is 15.4 Å². The van der Waals surface area contributed by atoms with E-state index < -0.39 is 42.4 Å². The highest BCUT2D eigenvalue weighted by atomic mass is 32.2. The van der Waals surface area contributed by atoms with Gasteiger partial charge in [-0.3, -0.25) is 9.59 Å². The summed E-state index contributed by atoms with van der Waals surface area (Å²) >= 11 is 1.47. The van der Waals surface area contributed by atoms with E-state index in [0.29, 0.717) is 5.75 Å². The first-order chi connectivity index (χ1) is 16.8. The monoisotopic (exact) mass is 500 g/mol. The van der Waals surface area contributed by atoms with Crippen LogP contribution in [0.25, 0.3) is 11.1 Å². The number of hydrogen-bond acceptors (Lipinski definition) is 7. The molecule has 0 heterocycles. The van der Waals surface area contributed by atoms with Crippen LogP contribution in [0, 0.1) is 0 Å². The predicted molar refractivity (Wildman–Crippen MR) is 131 cm³/mol. The van der Waals surface area contributed by atoms with Gasteiger partial charge in [0.2, 0.25) is 5.91 Å². The molecule has 2 aromatic rings. The summed E-state index contributed by atoms with van der Waals surface area (Å²) in [6.07, 6.45) is 0.784. The number of carbonyl (C=O) groups excluding carboxylic acids is 3. The molecule has 3 N–H and O–H groups in total. The maximum Gasteiger partial charge on any atom is 0.407 e. The summed E-state index contributed by atoms with van der Waals surface area (Å²) in [5.74, 6) is -2.47. The van der Waals surface area contributed by atoms with Gasteiger partial charge in [0.05, 0.1) is 13.5 Å². The molecule has 1 aliphatic carbocycles. The van der Waals surface area contributed by atoms with Crippen LogP contribution < -0.4 is 10.6 Å². The van der Waals surface area contributed by atoms with Crippen molar-refractivity contribution in [3.8, 4) is 11.1 Å². The Morgan fingerprint density at radius 1 is 0.971 bits per heavy atom. The van der Waals surface area contributed by atoms with Gasteiger partial charge in [-0.25, -0.2) is 9.59 Å². The third-order valence-corrected chi connectivity index (χ3v) is 6.42. The fourth-order valence-electron chi connectivity index (χ4n) is 4.01. The van der Waals surface area contributed by atoms with Crippen LogP contribution in [0.1, 0.15) is 29.9 Å². The number of benzene rings is 2. The van der Waals surface area contributed by atoms with E-state index in [0.717, 1.165) is 29.4 Å². The molecule has 0 aliphatic heterocycles. The largest absolute Gasteiger partial charge is 0.480 e. The lowest BCUT2D eigenvalue weighted by Crippen LogP contribution is -2.52. The van der Waals surface area contributed by atoms with Gasteiger partial charge in [0.15, 0.2) is 0 Å². The maximum atomic E-state index is 12.8. The molecule has 1 aliphatic rings. The highest BCUT2D eigenvalue weighted by molar-refractivity contribution is 7.98. The summed E-state index contributed by atoms with van der Waals surface area (Å²) in [5.41, 5.74) is 4.31. The van der Waals surface area contributed by atoms with Gasteiger partial charge in [-0.05, 0) is 40.7 Å². The summed E-state index contributed by atoms with van der Waals surface area (Å²) in [6, 6.07) is 13.4. The number of fused-ring (bicyclic) bond motifs is 3. The SMILES string of the molecule is COC(=O)C[C@H](NC(=O)C(CCSC)NC(=O)OCC1c2ccccc2-c2ccccc21)C(=O)O. The standard InChI is InChI=1S/C25H28N2O7S/c1-33-22(28)13-21(24(30)31)26-23(29)20(11-12-35-2)27-25(32)34-14-19-17-9-5-3-7-15(17)16-8-4-6-10-18(16)19/h3-10,19-21H,11-14H2,1-2H3,(H,26,29)(H,27,32)(H,30,31)/t20?,21-/m0/s1. The minimum Gasteiger partial charge on any atom is -0.480 e. The van der Waals surface area contributed by atoms with Crippen molar-refractivity contribution in [1.82, 2.24) is 10.6 Å². The molecule has 2 atom stereocenters. The molecule has 0 saturated heterocycles. The number of ether oxygens (including phenoxy) is 2. The van der Waals surface area contributed by atoms with Crippen molar-refractivity contribution in [3.63, 3.8) is 0 Å². The summed E-state index contributed by atoms with van der Waals surface area (Å²) in [7, 11) is 1.13. The van der Waals surface area contributed by atoms with Crippen molar-refractivity contribution in [1.29, 1.82) is 0 Å². The van der Waals surface area contributed by atoms with E-state index in [1.54, 1.807) is 0 Å². The zero-order chi connectivity index (χ0) is 25.4. The quantitative estimate of drug-likeness (QED) is 0.402. The Kier molecular flexibility index (Phi) is 9.13. The molecule has 0 fully saturated rings. The summed E-state index contributed by atoms with van der Waals surface area (Å²) in [6.45, 7) is 0.0802. The van der Waals surface area contributed by atoms with Gasteiger partial charge in [-0.1, -0.05) is 48.5 Å². The fraction of sp³-hybridized carbons (Fsp3) is 0.360. The van der Waals surface area contributed by atoms with Crippen LogP contribution in [-0.2, 0) is 23.9 Å². The second-order valence-electron chi connectivity index (χ2n) is 7.98. The van der Waals surface area contributed by atoms with Crippen LogP contribution in [0.3, 0.4) is 0 Å². The Hall–Kier alpha value is -3.53. The number of thioether (sulfide) groups is 1. The Balaban J connectivity index is 1.65. The summed E-state index contributed by atoms with van der Waals surface area (Å²) in [5, 5.41) is 14.2.